The molecule has 0 radical (unpaired) electrons. The fraction of sp³-hybridized carbons (Fsp3) is 0.136. The third kappa shape index (κ3) is 4.48. The summed E-state index contributed by atoms with van der Waals surface area (Å²) in [5.41, 5.74) is 2.71. The van der Waals surface area contributed by atoms with E-state index in [2.05, 4.69) is 0 Å². The number of ether oxygens (including phenoxy) is 1. The summed E-state index contributed by atoms with van der Waals surface area (Å²) in [6.07, 6.45) is 0. The maximum Gasteiger partial charge on any atom is 0.260 e. The van der Waals surface area contributed by atoms with E-state index < -0.39 is 0 Å². The van der Waals surface area contributed by atoms with Gasteiger partial charge in [0.15, 0.2) is 6.61 Å². The highest BCUT2D eigenvalue weighted by atomic mass is 19.1. The average Bonchev–Trinajstić information content (AvgIpc) is 2.67. The lowest BCUT2D eigenvalue weighted by Gasteiger charge is -2.18. The molecular formula is C22H20FNO2. The van der Waals surface area contributed by atoms with Crippen LogP contribution in [0, 0.1) is 5.82 Å². The molecule has 0 fully saturated rings. The molecule has 132 valence electrons. The molecule has 0 saturated carbocycles. The number of amides is 1. The number of hydrogen-bond donors (Lipinski definition) is 0. The molecule has 0 saturated heterocycles. The minimum Gasteiger partial charge on any atom is -0.483 e. The highest BCUT2D eigenvalue weighted by molar-refractivity contribution is 5.78. The van der Waals surface area contributed by atoms with Gasteiger partial charge in [-0.15, -0.1) is 0 Å². The predicted octanol–water partition coefficient (Wildman–Crippen LogP) is 4.53. The van der Waals surface area contributed by atoms with Gasteiger partial charge in [-0.3, -0.25) is 4.79 Å². The first-order chi connectivity index (χ1) is 12.6. The Kier molecular flexibility index (Phi) is 5.64. The number of carbonyl (C=O) groups is 1. The van der Waals surface area contributed by atoms with Gasteiger partial charge in [0.1, 0.15) is 11.6 Å². The lowest BCUT2D eigenvalue weighted by molar-refractivity contribution is -0.132. The molecule has 4 heteroatoms. The van der Waals surface area contributed by atoms with Crippen LogP contribution in [0.1, 0.15) is 5.56 Å². The van der Waals surface area contributed by atoms with E-state index in [-0.39, 0.29) is 18.3 Å². The van der Waals surface area contributed by atoms with Crippen molar-refractivity contribution in [3.8, 4) is 16.9 Å². The molecule has 26 heavy (non-hydrogen) atoms. The second-order valence-corrected chi connectivity index (χ2v) is 6.03. The van der Waals surface area contributed by atoms with Crippen LogP contribution >= 0.6 is 0 Å². The summed E-state index contributed by atoms with van der Waals surface area (Å²) < 4.78 is 19.0. The van der Waals surface area contributed by atoms with Gasteiger partial charge in [0.25, 0.3) is 5.91 Å². The molecule has 1 amide bonds. The van der Waals surface area contributed by atoms with Gasteiger partial charge in [0.05, 0.1) is 0 Å². The van der Waals surface area contributed by atoms with Crippen molar-refractivity contribution in [3.05, 3.63) is 90.2 Å². The van der Waals surface area contributed by atoms with Gasteiger partial charge in [0, 0.05) is 19.2 Å². The summed E-state index contributed by atoms with van der Waals surface area (Å²) in [6.45, 7) is 0.260. The molecule has 0 bridgehead atoms. The molecule has 0 atom stereocenters. The Labute approximate surface area is 152 Å². The molecule has 0 aromatic heterocycles. The number of para-hydroxylation sites is 1. The van der Waals surface area contributed by atoms with Gasteiger partial charge >= 0.3 is 0 Å². The summed E-state index contributed by atoms with van der Waals surface area (Å²) in [5, 5.41) is 0. The summed E-state index contributed by atoms with van der Waals surface area (Å²) in [6, 6.07) is 23.7. The molecule has 3 aromatic rings. The van der Waals surface area contributed by atoms with Crippen molar-refractivity contribution in [1.82, 2.24) is 4.90 Å². The SMILES string of the molecule is CN(Cc1cccc(F)c1)C(=O)COc1ccccc1-c1ccccc1. The van der Waals surface area contributed by atoms with E-state index in [0.717, 1.165) is 16.7 Å². The van der Waals surface area contributed by atoms with E-state index in [4.69, 9.17) is 4.74 Å². The van der Waals surface area contributed by atoms with Crippen molar-refractivity contribution in [2.75, 3.05) is 13.7 Å². The van der Waals surface area contributed by atoms with Crippen molar-refractivity contribution >= 4 is 5.91 Å². The Morgan fingerprint density at radius 1 is 0.962 bits per heavy atom. The lowest BCUT2D eigenvalue weighted by atomic mass is 10.1. The second-order valence-electron chi connectivity index (χ2n) is 6.03. The molecule has 0 aliphatic carbocycles. The molecule has 0 aliphatic rings. The van der Waals surface area contributed by atoms with Crippen LogP contribution in [-0.2, 0) is 11.3 Å². The zero-order valence-electron chi connectivity index (χ0n) is 14.6. The van der Waals surface area contributed by atoms with Crippen LogP contribution in [-0.4, -0.2) is 24.5 Å². The Balaban J connectivity index is 1.65. The number of nitrogens with zero attached hydrogens (tertiary/aromatic N) is 1. The maximum atomic E-state index is 13.3. The maximum absolute atomic E-state index is 13.3. The normalized spacial score (nSPS) is 10.4. The zero-order chi connectivity index (χ0) is 18.4. The van der Waals surface area contributed by atoms with Crippen molar-refractivity contribution in [2.24, 2.45) is 0 Å². The van der Waals surface area contributed by atoms with E-state index in [9.17, 15) is 9.18 Å². The van der Waals surface area contributed by atoms with Crippen molar-refractivity contribution in [3.63, 3.8) is 0 Å². The number of halogens is 1. The predicted molar refractivity (Wildman–Crippen MR) is 100 cm³/mol. The topological polar surface area (TPSA) is 29.5 Å². The number of likely N-dealkylation sites (N-methyl/N-ethyl adjacent to an activating group) is 1. The fourth-order valence-electron chi connectivity index (χ4n) is 2.70. The third-order valence-electron chi connectivity index (χ3n) is 4.06. The first-order valence-electron chi connectivity index (χ1n) is 8.39. The van der Waals surface area contributed by atoms with Gasteiger partial charge in [-0.05, 0) is 29.3 Å². The second kappa shape index (κ2) is 8.30. The number of rotatable bonds is 6. The Hall–Kier alpha value is -3.14. The van der Waals surface area contributed by atoms with E-state index in [0.29, 0.717) is 12.3 Å². The molecule has 0 spiro atoms. The molecule has 0 aliphatic heterocycles. The molecule has 0 N–H and O–H groups in total. The minimum absolute atomic E-state index is 0.0737. The van der Waals surface area contributed by atoms with Crippen LogP contribution in [0.25, 0.3) is 11.1 Å². The molecule has 0 heterocycles. The van der Waals surface area contributed by atoms with Crippen LogP contribution in [0.4, 0.5) is 4.39 Å². The summed E-state index contributed by atoms with van der Waals surface area (Å²) in [4.78, 5) is 13.9. The van der Waals surface area contributed by atoms with Crippen molar-refractivity contribution in [2.45, 2.75) is 6.54 Å². The van der Waals surface area contributed by atoms with Crippen LogP contribution in [0.15, 0.2) is 78.9 Å². The Bertz CT molecular complexity index is 880. The van der Waals surface area contributed by atoms with E-state index >= 15 is 0 Å². The quantitative estimate of drug-likeness (QED) is 0.654. The van der Waals surface area contributed by atoms with Gasteiger partial charge in [0.2, 0.25) is 0 Å². The molecule has 3 nitrogen and oxygen atoms in total. The van der Waals surface area contributed by atoms with E-state index in [1.165, 1.54) is 17.0 Å². The van der Waals surface area contributed by atoms with Crippen LogP contribution in [0.3, 0.4) is 0 Å². The Morgan fingerprint density at radius 3 is 2.46 bits per heavy atom. The largest absolute Gasteiger partial charge is 0.483 e. The fourth-order valence-corrected chi connectivity index (χ4v) is 2.70. The first kappa shape index (κ1) is 17.7. The zero-order valence-corrected chi connectivity index (χ0v) is 14.6. The molecule has 3 aromatic carbocycles. The van der Waals surface area contributed by atoms with E-state index in [1.54, 1.807) is 19.2 Å². The van der Waals surface area contributed by atoms with Gasteiger partial charge < -0.3 is 9.64 Å². The average molecular weight is 349 g/mol. The van der Waals surface area contributed by atoms with Gasteiger partial charge in [-0.2, -0.15) is 0 Å². The standard InChI is InChI=1S/C22H20FNO2/c1-24(15-17-8-7-11-19(23)14-17)22(25)16-26-21-13-6-5-12-20(21)18-9-3-2-4-10-18/h2-14H,15-16H2,1H3. The lowest BCUT2D eigenvalue weighted by Crippen LogP contribution is -2.31. The summed E-state index contributed by atoms with van der Waals surface area (Å²) in [7, 11) is 1.68. The Morgan fingerprint density at radius 2 is 1.69 bits per heavy atom. The summed E-state index contributed by atoms with van der Waals surface area (Å²) in [5.74, 6) is 0.180. The molecule has 0 unspecified atom stereocenters. The van der Waals surface area contributed by atoms with Crippen LogP contribution < -0.4 is 4.74 Å². The van der Waals surface area contributed by atoms with Gasteiger partial charge in [-0.1, -0.05) is 60.7 Å². The van der Waals surface area contributed by atoms with E-state index in [1.807, 2.05) is 54.6 Å². The van der Waals surface area contributed by atoms with Crippen LogP contribution in [0.5, 0.6) is 5.75 Å². The van der Waals surface area contributed by atoms with Crippen molar-refractivity contribution in [1.29, 1.82) is 0 Å². The highest BCUT2D eigenvalue weighted by Crippen LogP contribution is 2.29. The van der Waals surface area contributed by atoms with Crippen molar-refractivity contribution < 1.29 is 13.9 Å². The monoisotopic (exact) mass is 349 g/mol. The van der Waals surface area contributed by atoms with Gasteiger partial charge in [-0.25, -0.2) is 4.39 Å². The number of benzene rings is 3. The number of hydrogen-bond acceptors (Lipinski definition) is 2. The minimum atomic E-state index is -0.309. The van der Waals surface area contributed by atoms with Crippen LogP contribution in [0.2, 0.25) is 0 Å². The smallest absolute Gasteiger partial charge is 0.260 e. The molecule has 3 rings (SSSR count). The summed E-state index contributed by atoms with van der Waals surface area (Å²) >= 11 is 0. The highest BCUT2D eigenvalue weighted by Gasteiger charge is 2.12. The first-order valence-corrected chi connectivity index (χ1v) is 8.39. The molecular weight excluding hydrogens is 329 g/mol. The number of carbonyl (C=O) groups excluding carboxylic acids is 1. The third-order valence-corrected chi connectivity index (χ3v) is 4.06.